The summed E-state index contributed by atoms with van der Waals surface area (Å²) in [5, 5.41) is 5.79. The van der Waals surface area contributed by atoms with Crippen LogP contribution in [0, 0.1) is 0 Å². The molecule has 0 saturated carbocycles. The Morgan fingerprint density at radius 2 is 1.73 bits per heavy atom. The van der Waals surface area contributed by atoms with Crippen LogP contribution in [0.15, 0.2) is 24.3 Å². The van der Waals surface area contributed by atoms with Crippen LogP contribution in [0.3, 0.4) is 0 Å². The molecule has 8 nitrogen and oxygen atoms in total. The molecule has 2 rings (SSSR count). The van der Waals surface area contributed by atoms with Crippen molar-refractivity contribution in [1.82, 2.24) is 15.2 Å². The van der Waals surface area contributed by atoms with Gasteiger partial charge in [-0.3, -0.25) is 9.59 Å². The highest BCUT2D eigenvalue weighted by Crippen LogP contribution is 2.26. The summed E-state index contributed by atoms with van der Waals surface area (Å²) in [5.41, 5.74) is 1.28. The Morgan fingerprint density at radius 3 is 2.27 bits per heavy atom. The maximum absolute atomic E-state index is 12.5. The third kappa shape index (κ3) is 7.14. The lowest BCUT2D eigenvalue weighted by atomic mass is 10.1. The lowest BCUT2D eigenvalue weighted by Gasteiger charge is -2.19. The van der Waals surface area contributed by atoms with Crippen LogP contribution in [-0.2, 0) is 17.6 Å². The van der Waals surface area contributed by atoms with Crippen molar-refractivity contribution in [2.75, 3.05) is 19.4 Å². The maximum Gasteiger partial charge on any atom is 0.413 e. The summed E-state index contributed by atoms with van der Waals surface area (Å²) in [6, 6.07) is 7.20. The number of carbonyl (C=O) groups is 3. The first-order valence-corrected chi connectivity index (χ1v) is 10.3. The summed E-state index contributed by atoms with van der Waals surface area (Å²) >= 11 is 1.17. The van der Waals surface area contributed by atoms with Crippen LogP contribution < -0.4 is 15.4 Å². The van der Waals surface area contributed by atoms with Crippen LogP contribution in [-0.4, -0.2) is 47.4 Å². The zero-order chi connectivity index (χ0) is 22.5. The first kappa shape index (κ1) is 23.3. The zero-order valence-corrected chi connectivity index (χ0v) is 19.0. The molecule has 0 radical (unpaired) electrons. The van der Waals surface area contributed by atoms with Gasteiger partial charge in [-0.1, -0.05) is 23.5 Å². The van der Waals surface area contributed by atoms with E-state index >= 15 is 0 Å². The van der Waals surface area contributed by atoms with Gasteiger partial charge in [-0.2, -0.15) is 0 Å². The molecule has 1 aromatic carbocycles. The average molecular weight is 433 g/mol. The first-order valence-electron chi connectivity index (χ1n) is 9.52. The average Bonchev–Trinajstić information content (AvgIpc) is 3.00. The standard InChI is InChI=1S/C21H28N4O4S/c1-13(26)22-19-23-16(17(30-19)18(27)25(5)6)12-9-14-7-10-15(11-8-14)29-20(28)24-21(2,3)4/h7-8,10-11H,9,12H2,1-6H3,(H,24,28)(H,22,23,26). The molecule has 0 unspecified atom stereocenters. The number of amides is 3. The highest BCUT2D eigenvalue weighted by molar-refractivity contribution is 7.17. The second-order valence-corrected chi connectivity index (χ2v) is 9.08. The van der Waals surface area contributed by atoms with E-state index in [1.165, 1.54) is 23.2 Å². The number of benzene rings is 1. The summed E-state index contributed by atoms with van der Waals surface area (Å²) in [5.74, 6) is 0.0727. The van der Waals surface area contributed by atoms with Crippen molar-refractivity contribution < 1.29 is 19.1 Å². The van der Waals surface area contributed by atoms with Crippen LogP contribution in [0.25, 0.3) is 0 Å². The molecule has 2 N–H and O–H groups in total. The maximum atomic E-state index is 12.5. The largest absolute Gasteiger partial charge is 0.413 e. The molecule has 0 aliphatic carbocycles. The highest BCUT2D eigenvalue weighted by Gasteiger charge is 2.20. The number of nitrogens with one attached hydrogen (secondary N) is 2. The van der Waals surface area contributed by atoms with Gasteiger partial charge < -0.3 is 20.3 Å². The van der Waals surface area contributed by atoms with E-state index < -0.39 is 6.09 Å². The van der Waals surface area contributed by atoms with Gasteiger partial charge in [0.2, 0.25) is 5.91 Å². The Bertz CT molecular complexity index is 914. The Labute approximate surface area is 180 Å². The van der Waals surface area contributed by atoms with E-state index in [4.69, 9.17) is 4.74 Å². The highest BCUT2D eigenvalue weighted by atomic mass is 32.1. The predicted molar refractivity (Wildman–Crippen MR) is 117 cm³/mol. The minimum atomic E-state index is -0.505. The summed E-state index contributed by atoms with van der Waals surface area (Å²) in [7, 11) is 3.36. The lowest BCUT2D eigenvalue weighted by Crippen LogP contribution is -2.42. The third-order valence-electron chi connectivity index (χ3n) is 3.84. The minimum absolute atomic E-state index is 0.146. The molecule has 1 heterocycles. The molecule has 30 heavy (non-hydrogen) atoms. The van der Waals surface area contributed by atoms with Crippen molar-refractivity contribution in [3.8, 4) is 5.75 Å². The molecule has 0 bridgehead atoms. The van der Waals surface area contributed by atoms with Gasteiger partial charge in [0.25, 0.3) is 5.91 Å². The van der Waals surface area contributed by atoms with Gasteiger partial charge in [-0.05, 0) is 51.3 Å². The molecule has 2 aromatic rings. The van der Waals surface area contributed by atoms with Crippen LogP contribution in [0.2, 0.25) is 0 Å². The molecule has 3 amide bonds. The van der Waals surface area contributed by atoms with Gasteiger partial charge in [0.1, 0.15) is 10.6 Å². The number of thiazole rings is 1. The van der Waals surface area contributed by atoms with Gasteiger partial charge >= 0.3 is 6.09 Å². The Kier molecular flexibility index (Phi) is 7.55. The topological polar surface area (TPSA) is 101 Å². The van der Waals surface area contributed by atoms with E-state index in [1.54, 1.807) is 26.2 Å². The van der Waals surface area contributed by atoms with Crippen LogP contribution in [0.4, 0.5) is 9.93 Å². The van der Waals surface area contributed by atoms with Crippen molar-refractivity contribution in [3.05, 3.63) is 40.4 Å². The molecule has 162 valence electrons. The van der Waals surface area contributed by atoms with E-state index in [9.17, 15) is 14.4 Å². The number of nitrogens with zero attached hydrogens (tertiary/aromatic N) is 2. The Hall–Kier alpha value is -2.94. The molecule has 0 aliphatic rings. The van der Waals surface area contributed by atoms with Crippen molar-refractivity contribution in [2.45, 2.75) is 46.1 Å². The Balaban J connectivity index is 2.06. The smallest absolute Gasteiger partial charge is 0.410 e. The minimum Gasteiger partial charge on any atom is -0.410 e. The van der Waals surface area contributed by atoms with Gasteiger partial charge in [0.05, 0.1) is 5.69 Å². The molecule has 1 aromatic heterocycles. The fourth-order valence-corrected chi connectivity index (χ4v) is 3.60. The molecule has 0 fully saturated rings. The number of hydrogen-bond donors (Lipinski definition) is 2. The van der Waals surface area contributed by atoms with Gasteiger partial charge in [-0.15, -0.1) is 0 Å². The van der Waals surface area contributed by atoms with Gasteiger partial charge in [-0.25, -0.2) is 9.78 Å². The van der Waals surface area contributed by atoms with Crippen molar-refractivity contribution in [1.29, 1.82) is 0 Å². The van der Waals surface area contributed by atoms with E-state index in [1.807, 2.05) is 32.9 Å². The molecule has 0 aliphatic heterocycles. The van der Waals surface area contributed by atoms with Gasteiger partial charge in [0.15, 0.2) is 5.13 Å². The number of anilines is 1. The molecular weight excluding hydrogens is 404 g/mol. The number of carbonyl (C=O) groups excluding carboxylic acids is 3. The van der Waals surface area contributed by atoms with Crippen LogP contribution >= 0.6 is 11.3 Å². The lowest BCUT2D eigenvalue weighted by molar-refractivity contribution is -0.114. The monoisotopic (exact) mass is 432 g/mol. The number of aryl methyl sites for hydroxylation is 2. The molecule has 9 heteroatoms. The molecule has 0 atom stereocenters. The predicted octanol–water partition coefficient (Wildman–Crippen LogP) is 3.48. The van der Waals surface area contributed by atoms with Gasteiger partial charge in [0, 0.05) is 26.6 Å². The number of ether oxygens (including phenoxy) is 1. The van der Waals surface area contributed by atoms with E-state index in [0.717, 1.165) is 5.56 Å². The van der Waals surface area contributed by atoms with E-state index in [0.29, 0.717) is 34.3 Å². The van der Waals surface area contributed by atoms with E-state index in [-0.39, 0.29) is 17.4 Å². The number of hydrogen-bond acceptors (Lipinski definition) is 6. The fraction of sp³-hybridized carbons (Fsp3) is 0.429. The van der Waals surface area contributed by atoms with Crippen molar-refractivity contribution in [2.24, 2.45) is 0 Å². The SMILES string of the molecule is CC(=O)Nc1nc(CCc2ccc(OC(=O)NC(C)(C)C)cc2)c(C(=O)N(C)C)s1. The second-order valence-electron chi connectivity index (χ2n) is 8.08. The normalized spacial score (nSPS) is 11.0. The molecule has 0 spiro atoms. The van der Waals surface area contributed by atoms with Crippen LogP contribution in [0.1, 0.15) is 48.6 Å². The molecular formula is C21H28N4O4S. The summed E-state index contributed by atoms with van der Waals surface area (Å²) in [6.45, 7) is 7.04. The number of aromatic nitrogens is 1. The number of rotatable bonds is 6. The zero-order valence-electron chi connectivity index (χ0n) is 18.2. The first-order chi connectivity index (χ1) is 13.9. The third-order valence-corrected chi connectivity index (χ3v) is 4.84. The fourth-order valence-electron chi connectivity index (χ4n) is 2.52. The summed E-state index contributed by atoms with van der Waals surface area (Å²) in [6.07, 6.45) is 0.677. The summed E-state index contributed by atoms with van der Waals surface area (Å²) < 4.78 is 5.27. The quantitative estimate of drug-likeness (QED) is 0.728. The van der Waals surface area contributed by atoms with Crippen molar-refractivity contribution in [3.63, 3.8) is 0 Å². The van der Waals surface area contributed by atoms with E-state index in [2.05, 4.69) is 15.6 Å². The Morgan fingerprint density at radius 1 is 1.10 bits per heavy atom. The van der Waals surface area contributed by atoms with Crippen LogP contribution in [0.5, 0.6) is 5.75 Å². The second kappa shape index (κ2) is 9.71. The summed E-state index contributed by atoms with van der Waals surface area (Å²) in [4.78, 5) is 42.1. The molecule has 0 saturated heterocycles. The van der Waals surface area contributed by atoms with Crippen molar-refractivity contribution >= 4 is 34.4 Å².